The Labute approximate surface area is 313 Å². The van der Waals surface area contributed by atoms with Crippen molar-refractivity contribution in [3.63, 3.8) is 0 Å². The molecule has 0 spiro atoms. The van der Waals surface area contributed by atoms with Gasteiger partial charge in [-0.25, -0.2) is 19.6 Å². The first-order chi connectivity index (χ1) is 25.3. The van der Waals surface area contributed by atoms with Crippen LogP contribution in [0.4, 0.5) is 9.93 Å². The maximum Gasteiger partial charge on any atom is 0.408 e. The molecule has 1 aromatic carbocycles. The fourth-order valence-corrected chi connectivity index (χ4v) is 8.18. The van der Waals surface area contributed by atoms with E-state index < -0.39 is 53.2 Å². The Morgan fingerprint density at radius 1 is 1.11 bits per heavy atom. The first kappa shape index (κ1) is 38.1. The van der Waals surface area contributed by atoms with Gasteiger partial charge in [0.15, 0.2) is 5.13 Å². The number of aromatic nitrogens is 2. The standard InChI is InChI=1S/C38H50N6O8S/c1-6-39-35-40-20-31(53-35)28-18-30(25-15-14-23(50-5)16-27(25)41-28)51-24-17-29-32(45)43-38(34(47)48)19-22(38)12-10-8-7-9-11-13-26(33(46)44(29)21-24)42-36(49)52-37(2,3)4/h14-16,18,20,22,24,26,29H,6-13,17,19,21H2,1-5H3,(H,39,40)(H,42,49)(H,43,45)(H,47,48)/t22?,24-,26?,29?,38?/m1/s1. The van der Waals surface area contributed by atoms with Gasteiger partial charge in [-0.2, -0.15) is 0 Å². The van der Waals surface area contributed by atoms with Crippen molar-refractivity contribution in [2.45, 2.75) is 115 Å². The number of alkyl carbamates (subject to hydrolysis) is 1. The third-order valence-corrected chi connectivity index (χ3v) is 11.1. The molecule has 3 aliphatic rings. The normalized spacial score (nSPS) is 25.3. The van der Waals surface area contributed by atoms with Crippen LogP contribution < -0.4 is 25.4 Å². The molecule has 5 atom stereocenters. The minimum Gasteiger partial charge on any atom is -0.497 e. The zero-order valence-electron chi connectivity index (χ0n) is 31.0. The molecule has 4 N–H and O–H groups in total. The minimum atomic E-state index is -1.37. The molecule has 2 aliphatic heterocycles. The molecule has 14 nitrogen and oxygen atoms in total. The number of pyridine rings is 1. The highest BCUT2D eigenvalue weighted by Gasteiger charge is 2.62. The summed E-state index contributed by atoms with van der Waals surface area (Å²) in [6.07, 6.45) is 6.11. The van der Waals surface area contributed by atoms with Gasteiger partial charge < -0.3 is 40.2 Å². The number of hydrogen-bond donors (Lipinski definition) is 4. The number of methoxy groups -OCH3 is 1. The van der Waals surface area contributed by atoms with Gasteiger partial charge in [0.1, 0.15) is 40.8 Å². The van der Waals surface area contributed by atoms with Gasteiger partial charge in [0, 0.05) is 36.7 Å². The average Bonchev–Trinajstić information content (AvgIpc) is 3.38. The summed E-state index contributed by atoms with van der Waals surface area (Å²) < 4.78 is 17.7. The predicted molar refractivity (Wildman–Crippen MR) is 200 cm³/mol. The van der Waals surface area contributed by atoms with Gasteiger partial charge in [-0.05, 0) is 65.0 Å². The van der Waals surface area contributed by atoms with E-state index in [2.05, 4.69) is 20.9 Å². The van der Waals surface area contributed by atoms with E-state index in [-0.39, 0.29) is 18.9 Å². The van der Waals surface area contributed by atoms with Crippen molar-refractivity contribution in [3.8, 4) is 22.1 Å². The molecule has 1 saturated carbocycles. The number of carbonyl (C=O) groups is 4. The van der Waals surface area contributed by atoms with Crippen LogP contribution in [0.1, 0.15) is 85.5 Å². The number of anilines is 1. The summed E-state index contributed by atoms with van der Waals surface area (Å²) in [5.41, 5.74) is -0.887. The maximum absolute atomic E-state index is 14.5. The number of nitrogens with one attached hydrogen (secondary N) is 3. The number of carboxylic acids is 1. The molecule has 2 saturated heterocycles. The van der Waals surface area contributed by atoms with Crippen LogP contribution in [0.2, 0.25) is 0 Å². The first-order valence-corrected chi connectivity index (χ1v) is 19.3. The van der Waals surface area contributed by atoms with Crippen molar-refractivity contribution >= 4 is 51.2 Å². The van der Waals surface area contributed by atoms with E-state index >= 15 is 0 Å². The summed E-state index contributed by atoms with van der Waals surface area (Å²) in [6.45, 7) is 7.99. The van der Waals surface area contributed by atoms with Crippen LogP contribution >= 0.6 is 11.3 Å². The summed E-state index contributed by atoms with van der Waals surface area (Å²) in [4.78, 5) is 65.8. The van der Waals surface area contributed by atoms with Crippen molar-refractivity contribution in [2.24, 2.45) is 5.92 Å². The van der Waals surface area contributed by atoms with E-state index in [4.69, 9.17) is 19.2 Å². The van der Waals surface area contributed by atoms with Crippen LogP contribution in [0.15, 0.2) is 30.5 Å². The largest absolute Gasteiger partial charge is 0.497 e. The molecule has 2 aromatic heterocycles. The van der Waals surface area contributed by atoms with E-state index in [1.165, 1.54) is 16.2 Å². The summed E-state index contributed by atoms with van der Waals surface area (Å²) in [5.74, 6) is -1.12. The molecule has 15 heteroatoms. The molecule has 53 heavy (non-hydrogen) atoms. The summed E-state index contributed by atoms with van der Waals surface area (Å²) in [6, 6.07) is 5.33. The maximum atomic E-state index is 14.5. The van der Waals surface area contributed by atoms with Gasteiger partial charge in [0.25, 0.3) is 0 Å². The second kappa shape index (κ2) is 15.7. The van der Waals surface area contributed by atoms with Crippen LogP contribution in [0, 0.1) is 5.92 Å². The molecule has 6 rings (SSSR count). The number of fused-ring (bicyclic) bond motifs is 3. The molecular formula is C38H50N6O8S. The van der Waals surface area contributed by atoms with Crippen molar-refractivity contribution in [3.05, 3.63) is 30.5 Å². The van der Waals surface area contributed by atoms with Gasteiger partial charge in [-0.15, -0.1) is 0 Å². The molecule has 3 amide bonds. The van der Waals surface area contributed by atoms with Crippen LogP contribution in [0.25, 0.3) is 21.5 Å². The lowest BCUT2D eigenvalue weighted by Gasteiger charge is -2.30. The Morgan fingerprint density at radius 3 is 2.58 bits per heavy atom. The smallest absolute Gasteiger partial charge is 0.408 e. The number of aliphatic carboxylic acids is 1. The molecule has 3 fully saturated rings. The van der Waals surface area contributed by atoms with Crippen LogP contribution in [-0.4, -0.2) is 93.4 Å². The summed E-state index contributed by atoms with van der Waals surface area (Å²) in [7, 11) is 1.58. The number of ether oxygens (including phenoxy) is 3. The number of carbonyl (C=O) groups excluding carboxylic acids is 3. The topological polar surface area (TPSA) is 181 Å². The molecule has 4 heterocycles. The summed E-state index contributed by atoms with van der Waals surface area (Å²) in [5, 5.41) is 20.6. The van der Waals surface area contributed by atoms with Crippen molar-refractivity contribution in [1.29, 1.82) is 0 Å². The van der Waals surface area contributed by atoms with Crippen LogP contribution in [0.3, 0.4) is 0 Å². The number of thiazole rings is 1. The fourth-order valence-electron chi connectivity index (χ4n) is 7.33. The number of amides is 3. The minimum absolute atomic E-state index is 0.0351. The lowest BCUT2D eigenvalue weighted by atomic mass is 10.0. The quantitative estimate of drug-likeness (QED) is 0.220. The van der Waals surface area contributed by atoms with E-state index in [0.717, 1.165) is 42.2 Å². The zero-order chi connectivity index (χ0) is 37.9. The number of carboxylic acid groups (broad SMARTS) is 1. The van der Waals surface area contributed by atoms with Crippen molar-refractivity contribution < 1.29 is 38.5 Å². The second-order valence-corrected chi connectivity index (χ2v) is 16.2. The Kier molecular flexibility index (Phi) is 11.3. The fraction of sp³-hybridized carbons (Fsp3) is 0.579. The van der Waals surface area contributed by atoms with Gasteiger partial charge in [0.2, 0.25) is 11.8 Å². The highest BCUT2D eigenvalue weighted by atomic mass is 32.1. The average molecular weight is 751 g/mol. The van der Waals surface area contributed by atoms with E-state index in [1.54, 1.807) is 34.1 Å². The molecule has 0 radical (unpaired) electrons. The molecule has 4 unspecified atom stereocenters. The monoisotopic (exact) mass is 750 g/mol. The molecule has 1 aliphatic carbocycles. The highest BCUT2D eigenvalue weighted by Crippen LogP contribution is 2.47. The van der Waals surface area contributed by atoms with Gasteiger partial charge in [0.05, 0.1) is 29.7 Å². The third-order valence-electron chi connectivity index (χ3n) is 10.1. The Bertz CT molecular complexity index is 1840. The number of benzene rings is 1. The van der Waals surface area contributed by atoms with Crippen LogP contribution in [-0.2, 0) is 19.1 Å². The molecule has 3 aromatic rings. The van der Waals surface area contributed by atoms with E-state index in [9.17, 15) is 24.3 Å². The number of nitrogens with zero attached hydrogens (tertiary/aromatic N) is 3. The van der Waals surface area contributed by atoms with Crippen LogP contribution in [0.5, 0.6) is 11.5 Å². The van der Waals surface area contributed by atoms with Gasteiger partial charge >= 0.3 is 12.1 Å². The highest BCUT2D eigenvalue weighted by molar-refractivity contribution is 7.18. The molecule has 286 valence electrons. The molecular weight excluding hydrogens is 701 g/mol. The Hall–Kier alpha value is -4.66. The lowest BCUT2D eigenvalue weighted by molar-refractivity contribution is -0.146. The number of hydrogen-bond acceptors (Lipinski definition) is 11. The summed E-state index contributed by atoms with van der Waals surface area (Å²) >= 11 is 1.46. The Balaban J connectivity index is 1.34. The number of rotatable bonds is 8. The van der Waals surface area contributed by atoms with E-state index in [1.807, 2.05) is 31.2 Å². The van der Waals surface area contributed by atoms with Crippen molar-refractivity contribution in [2.75, 3.05) is 25.5 Å². The van der Waals surface area contributed by atoms with Gasteiger partial charge in [-0.1, -0.05) is 43.4 Å². The molecule has 0 bridgehead atoms. The predicted octanol–water partition coefficient (Wildman–Crippen LogP) is 5.74. The lowest BCUT2D eigenvalue weighted by Crippen LogP contribution is -2.56. The third kappa shape index (κ3) is 8.77. The van der Waals surface area contributed by atoms with Crippen molar-refractivity contribution in [1.82, 2.24) is 25.5 Å². The van der Waals surface area contributed by atoms with Gasteiger partial charge in [-0.3, -0.25) is 9.59 Å². The second-order valence-electron chi connectivity index (χ2n) is 15.1. The van der Waals surface area contributed by atoms with E-state index in [0.29, 0.717) is 53.8 Å². The first-order valence-electron chi connectivity index (χ1n) is 18.5. The Morgan fingerprint density at radius 2 is 1.87 bits per heavy atom. The SMILES string of the molecule is CCNc1ncc(-c2cc(O[C@@H]3CC4C(=O)NC5(C(=O)O)CC5CCCCCCCC(NC(=O)OC(C)(C)C)C(=O)N4C3)c3ccc(OC)cc3n2)s1. The zero-order valence-corrected chi connectivity index (χ0v) is 31.8.